The molecule has 0 aliphatic heterocycles. The number of tetrazole rings is 1. The Morgan fingerprint density at radius 1 is 1.55 bits per heavy atom. The van der Waals surface area contributed by atoms with Crippen molar-refractivity contribution in [1.29, 1.82) is 0 Å². The van der Waals surface area contributed by atoms with Crippen LogP contribution in [-0.4, -0.2) is 39.6 Å². The molecule has 10 nitrogen and oxygen atoms in total. The van der Waals surface area contributed by atoms with Gasteiger partial charge in [0.05, 0.1) is 12.1 Å². The Hall–Kier alpha value is -2.82. The molecule has 0 bridgehead atoms. The molecule has 22 heavy (non-hydrogen) atoms. The minimum atomic E-state index is -1.18. The zero-order valence-corrected chi connectivity index (χ0v) is 11.9. The summed E-state index contributed by atoms with van der Waals surface area (Å²) in [4.78, 5) is 32.4. The number of amides is 1. The molecule has 3 N–H and O–H groups in total. The summed E-state index contributed by atoms with van der Waals surface area (Å²) in [5.74, 6) is -1.18. The summed E-state index contributed by atoms with van der Waals surface area (Å²) < 4.78 is 1.55. The number of nitrogens with one attached hydrogen (secondary N) is 2. The van der Waals surface area contributed by atoms with Gasteiger partial charge in [-0.3, -0.25) is 4.79 Å². The van der Waals surface area contributed by atoms with Gasteiger partial charge in [0.2, 0.25) is 6.41 Å². The zero-order valence-electron chi connectivity index (χ0n) is 11.1. The van der Waals surface area contributed by atoms with Crippen LogP contribution in [0.5, 0.6) is 0 Å². The van der Waals surface area contributed by atoms with Crippen LogP contribution in [0.25, 0.3) is 0 Å². The van der Waals surface area contributed by atoms with Crippen LogP contribution in [-0.2, 0) is 11.3 Å². The molecule has 0 aliphatic rings. The molecule has 1 aromatic carbocycles. The zero-order chi connectivity index (χ0) is 15.9. The molecular weight excluding hydrogens is 312 g/mol. The van der Waals surface area contributed by atoms with E-state index < -0.39 is 5.97 Å². The van der Waals surface area contributed by atoms with E-state index in [9.17, 15) is 19.6 Å². The molecule has 0 saturated carbocycles. The summed E-state index contributed by atoms with van der Waals surface area (Å²) >= 11 is 1.07. The Morgan fingerprint density at radius 3 is 3.05 bits per heavy atom. The summed E-state index contributed by atoms with van der Waals surface area (Å²) in [6, 6.07) is 4.09. The fourth-order valence-electron chi connectivity index (χ4n) is 1.60. The van der Waals surface area contributed by atoms with E-state index in [1.807, 2.05) is 0 Å². The highest BCUT2D eigenvalue weighted by Gasteiger charge is 2.20. The Kier molecular flexibility index (Phi) is 5.14. The number of hydrogen-bond acceptors (Lipinski definition) is 7. The second kappa shape index (κ2) is 7.26. The van der Waals surface area contributed by atoms with E-state index in [0.717, 1.165) is 11.8 Å². The maximum Gasteiger partial charge on any atom is 0.364 e. The molecule has 0 saturated heterocycles. The third-order valence-electron chi connectivity index (χ3n) is 2.60. The molecule has 0 atom stereocenters. The molecule has 1 amide bonds. The van der Waals surface area contributed by atoms with Crippen molar-refractivity contribution in [3.8, 4) is 0 Å². The summed E-state index contributed by atoms with van der Waals surface area (Å²) in [5, 5.41) is 24.9. The third kappa shape index (κ3) is 3.63. The van der Waals surface area contributed by atoms with Crippen molar-refractivity contribution in [3.63, 3.8) is 0 Å². The Balaban J connectivity index is 2.24. The fourth-order valence-corrected chi connectivity index (χ4v) is 2.51. The molecule has 1 aromatic heterocycles. The predicted octanol–water partition coefficient (Wildman–Crippen LogP) is 0.0855. The molecule has 2 aromatic rings. The standard InChI is InChI=1S/C11H10N6O4S/c18-6-12-3-4-17-11(13-15-16-17)22-9-2-1-7(14-21)5-8(9)10(19)20/h1-2,5-6H,3-4H2,(H2,12,18,19,20)/p+1. The van der Waals surface area contributed by atoms with Crippen LogP contribution < -0.4 is 10.00 Å². The molecular formula is C11H11N6O4S+. The maximum atomic E-state index is 11.3. The number of nitroso groups, excluding NO2 is 1. The Bertz CT molecular complexity index is 704. The number of aromatic nitrogens is 4. The van der Waals surface area contributed by atoms with Crippen LogP contribution in [0.15, 0.2) is 33.4 Å². The van der Waals surface area contributed by atoms with E-state index in [0.29, 0.717) is 29.6 Å². The van der Waals surface area contributed by atoms with E-state index in [1.165, 1.54) is 18.2 Å². The smallest absolute Gasteiger partial charge is 0.364 e. The number of carbonyl (C=O) groups excluding carboxylic acids is 1. The second-order valence-corrected chi connectivity index (χ2v) is 4.99. The van der Waals surface area contributed by atoms with Gasteiger partial charge < -0.3 is 10.4 Å². The van der Waals surface area contributed by atoms with Gasteiger partial charge in [0.25, 0.3) is 0 Å². The third-order valence-corrected chi connectivity index (χ3v) is 3.66. The monoisotopic (exact) mass is 323 g/mol. The van der Waals surface area contributed by atoms with Crippen molar-refractivity contribution in [3.05, 3.63) is 28.7 Å². The van der Waals surface area contributed by atoms with E-state index in [1.54, 1.807) is 4.68 Å². The number of benzene rings is 1. The number of hydrogen-bond donors (Lipinski definition) is 3. The highest BCUT2D eigenvalue weighted by Crippen LogP contribution is 2.29. The van der Waals surface area contributed by atoms with Gasteiger partial charge in [0.15, 0.2) is 5.21 Å². The Labute approximate surface area is 127 Å². The normalized spacial score (nSPS) is 10.2. The Morgan fingerprint density at radius 2 is 2.36 bits per heavy atom. The lowest BCUT2D eigenvalue weighted by molar-refractivity contribution is -0.785. The number of aromatic amines is 1. The highest BCUT2D eigenvalue weighted by atomic mass is 32.2. The van der Waals surface area contributed by atoms with E-state index in [4.69, 9.17) is 0 Å². The minimum absolute atomic E-state index is 0.0324. The molecule has 1 heterocycles. The van der Waals surface area contributed by atoms with Gasteiger partial charge >= 0.3 is 11.1 Å². The summed E-state index contributed by atoms with van der Waals surface area (Å²) in [5.41, 5.74) is -0.0207. The minimum Gasteiger partial charge on any atom is -0.478 e. The summed E-state index contributed by atoms with van der Waals surface area (Å²) in [6.07, 6.45) is 0.574. The molecule has 2 rings (SSSR count). The molecule has 114 valence electrons. The van der Waals surface area contributed by atoms with Crippen LogP contribution in [0, 0.1) is 4.91 Å². The molecule has 0 radical (unpaired) electrons. The maximum absolute atomic E-state index is 11.3. The first kappa shape index (κ1) is 15.6. The van der Waals surface area contributed by atoms with Gasteiger partial charge in [-0.25, -0.2) is 4.79 Å². The van der Waals surface area contributed by atoms with Gasteiger partial charge in [-0.2, -0.15) is 4.68 Å². The fraction of sp³-hybridized carbons (Fsp3) is 0.182. The number of carboxylic acid groups (broad SMARTS) is 1. The van der Waals surface area contributed by atoms with Crippen LogP contribution >= 0.6 is 11.8 Å². The van der Waals surface area contributed by atoms with Crippen molar-refractivity contribution in [2.45, 2.75) is 16.6 Å². The van der Waals surface area contributed by atoms with Crippen LogP contribution in [0.3, 0.4) is 0 Å². The average molecular weight is 323 g/mol. The van der Waals surface area contributed by atoms with Crippen LogP contribution in [0.1, 0.15) is 10.4 Å². The highest BCUT2D eigenvalue weighted by molar-refractivity contribution is 7.99. The molecule has 0 unspecified atom stereocenters. The van der Waals surface area contributed by atoms with Crippen molar-refractivity contribution in [2.75, 3.05) is 6.54 Å². The van der Waals surface area contributed by atoms with Gasteiger partial charge in [0, 0.05) is 4.90 Å². The first-order valence-electron chi connectivity index (χ1n) is 6.02. The molecule has 11 heteroatoms. The first-order valence-corrected chi connectivity index (χ1v) is 6.84. The number of carbonyl (C=O) groups is 2. The average Bonchev–Trinajstić information content (AvgIpc) is 2.95. The van der Waals surface area contributed by atoms with Crippen molar-refractivity contribution >= 4 is 29.8 Å². The number of H-pyrrole nitrogens is 1. The summed E-state index contributed by atoms with van der Waals surface area (Å²) in [7, 11) is 0. The molecule has 0 aliphatic carbocycles. The van der Waals surface area contributed by atoms with E-state index in [-0.39, 0.29) is 11.3 Å². The van der Waals surface area contributed by atoms with Gasteiger partial charge in [-0.15, -0.1) is 4.91 Å². The van der Waals surface area contributed by atoms with Crippen LogP contribution in [0.4, 0.5) is 5.69 Å². The number of carboxylic acids is 1. The molecule has 0 fully saturated rings. The lowest BCUT2D eigenvalue weighted by atomic mass is 10.2. The SMILES string of the molecule is O=CNCC[n+]1[nH]nnc1Sc1ccc(N=O)cc1C(=O)O. The van der Waals surface area contributed by atoms with Gasteiger partial charge in [-0.05, 0) is 35.1 Å². The topological polar surface area (TPSA) is 141 Å². The second-order valence-electron chi connectivity index (χ2n) is 3.99. The van der Waals surface area contributed by atoms with Crippen molar-refractivity contribution in [2.24, 2.45) is 5.18 Å². The number of nitrogens with zero attached hydrogens (tertiary/aromatic N) is 4. The lowest BCUT2D eigenvalue weighted by Gasteiger charge is -2.03. The largest absolute Gasteiger partial charge is 0.478 e. The predicted molar refractivity (Wildman–Crippen MR) is 73.6 cm³/mol. The quantitative estimate of drug-likeness (QED) is 0.270. The number of rotatable bonds is 8. The van der Waals surface area contributed by atoms with E-state index in [2.05, 4.69) is 26.0 Å². The molecule has 0 spiro atoms. The van der Waals surface area contributed by atoms with Crippen molar-refractivity contribution < 1.29 is 19.4 Å². The van der Waals surface area contributed by atoms with Gasteiger partial charge in [-0.1, -0.05) is 5.21 Å². The summed E-state index contributed by atoms with van der Waals surface area (Å²) in [6.45, 7) is 0.760. The lowest BCUT2D eigenvalue weighted by Crippen LogP contribution is -2.42. The van der Waals surface area contributed by atoms with Crippen molar-refractivity contribution in [1.82, 2.24) is 20.8 Å². The van der Waals surface area contributed by atoms with E-state index >= 15 is 0 Å². The number of aromatic carboxylic acids is 1. The van der Waals surface area contributed by atoms with Gasteiger partial charge in [0.1, 0.15) is 17.3 Å². The first-order chi connectivity index (χ1) is 10.7. The van der Waals surface area contributed by atoms with Crippen LogP contribution in [0.2, 0.25) is 0 Å².